The maximum atomic E-state index is 12.3. The van der Waals surface area contributed by atoms with Crippen molar-refractivity contribution in [3.8, 4) is 5.75 Å². The molecule has 2 unspecified atom stereocenters. The van der Waals surface area contributed by atoms with Crippen molar-refractivity contribution in [1.82, 2.24) is 4.90 Å². The van der Waals surface area contributed by atoms with E-state index in [1.54, 1.807) is 7.11 Å². The third-order valence-corrected chi connectivity index (χ3v) is 4.42. The topological polar surface area (TPSA) is 68.0 Å². The molecule has 0 aliphatic carbocycles. The van der Waals surface area contributed by atoms with Gasteiger partial charge in [-0.15, -0.1) is 0 Å². The van der Waals surface area contributed by atoms with E-state index in [4.69, 9.17) is 15.2 Å². The van der Waals surface area contributed by atoms with Crippen LogP contribution in [0.3, 0.4) is 0 Å². The van der Waals surface area contributed by atoms with Crippen molar-refractivity contribution >= 4 is 17.5 Å². The maximum absolute atomic E-state index is 12.3. The third kappa shape index (κ3) is 3.02. The summed E-state index contributed by atoms with van der Waals surface area (Å²) in [5.74, 6) is 0.689. The fourth-order valence-electron chi connectivity index (χ4n) is 3.41. The highest BCUT2D eigenvalue weighted by Gasteiger charge is 2.46. The zero-order chi connectivity index (χ0) is 16.8. The minimum atomic E-state index is -0.455. The van der Waals surface area contributed by atoms with Gasteiger partial charge in [-0.25, -0.2) is 4.79 Å². The number of carbonyl (C=O) groups is 1. The van der Waals surface area contributed by atoms with Crippen molar-refractivity contribution in [1.29, 1.82) is 0 Å². The van der Waals surface area contributed by atoms with E-state index in [-0.39, 0.29) is 12.1 Å². The highest BCUT2D eigenvalue weighted by atomic mass is 16.6. The average molecular weight is 319 g/mol. The second-order valence-electron chi connectivity index (χ2n) is 7.25. The fourth-order valence-corrected chi connectivity index (χ4v) is 3.41. The molecule has 0 spiro atoms. The Kier molecular flexibility index (Phi) is 3.78. The zero-order valence-electron chi connectivity index (χ0n) is 14.2. The fraction of sp³-hybridized carbons (Fsp3) is 0.588. The summed E-state index contributed by atoms with van der Waals surface area (Å²) < 4.78 is 10.8. The summed E-state index contributed by atoms with van der Waals surface area (Å²) >= 11 is 0. The first-order chi connectivity index (χ1) is 10.8. The van der Waals surface area contributed by atoms with Crippen molar-refractivity contribution in [2.75, 3.05) is 30.8 Å². The molecule has 0 aromatic heterocycles. The van der Waals surface area contributed by atoms with Gasteiger partial charge in [-0.1, -0.05) is 0 Å². The molecule has 0 saturated carbocycles. The number of nitrogens with two attached hydrogens (primary N) is 1. The van der Waals surface area contributed by atoms with Crippen LogP contribution < -0.4 is 15.4 Å². The predicted molar refractivity (Wildman–Crippen MR) is 89.9 cm³/mol. The van der Waals surface area contributed by atoms with E-state index in [1.165, 1.54) is 0 Å². The zero-order valence-corrected chi connectivity index (χ0v) is 14.2. The van der Waals surface area contributed by atoms with Crippen LogP contribution in [0.2, 0.25) is 0 Å². The number of nitrogen functional groups attached to an aromatic ring is 1. The summed E-state index contributed by atoms with van der Waals surface area (Å²) in [5.41, 5.74) is 7.15. The monoisotopic (exact) mass is 319 g/mol. The SMILES string of the molecule is COc1cc(N2CC3CC2CN3C(=O)OC(C)(C)C)ccc1N. The molecule has 2 aliphatic rings. The van der Waals surface area contributed by atoms with Crippen LogP contribution in [0.1, 0.15) is 27.2 Å². The van der Waals surface area contributed by atoms with Crippen molar-refractivity contribution in [2.24, 2.45) is 0 Å². The lowest BCUT2D eigenvalue weighted by atomic mass is 10.2. The summed E-state index contributed by atoms with van der Waals surface area (Å²) in [6, 6.07) is 6.37. The van der Waals surface area contributed by atoms with Crippen molar-refractivity contribution in [3.63, 3.8) is 0 Å². The minimum absolute atomic E-state index is 0.207. The molecule has 6 nitrogen and oxygen atoms in total. The van der Waals surface area contributed by atoms with Crippen molar-refractivity contribution in [2.45, 2.75) is 44.9 Å². The Labute approximate surface area is 137 Å². The molecule has 1 aromatic rings. The third-order valence-electron chi connectivity index (χ3n) is 4.42. The number of fused-ring (bicyclic) bond motifs is 2. The van der Waals surface area contributed by atoms with Crippen LogP contribution in [0.25, 0.3) is 0 Å². The number of nitrogens with zero attached hydrogens (tertiary/aromatic N) is 2. The molecule has 2 aliphatic heterocycles. The number of hydrogen-bond acceptors (Lipinski definition) is 5. The van der Waals surface area contributed by atoms with Gasteiger partial charge in [0.1, 0.15) is 11.4 Å². The standard InChI is InChI=1S/C17H25N3O3/c1-17(2,3)23-16(21)20-10-12-7-13(20)9-19(12)11-5-6-14(18)15(8-11)22-4/h5-6,8,12-13H,7,9-10,18H2,1-4H3. The number of benzene rings is 1. The molecule has 2 N–H and O–H groups in total. The Balaban J connectivity index is 1.70. The largest absolute Gasteiger partial charge is 0.495 e. The Morgan fingerprint density at radius 1 is 1.26 bits per heavy atom. The molecular weight excluding hydrogens is 294 g/mol. The average Bonchev–Trinajstić information content (AvgIpc) is 3.06. The van der Waals surface area contributed by atoms with Crippen LogP contribution in [0.5, 0.6) is 5.75 Å². The molecular formula is C17H25N3O3. The van der Waals surface area contributed by atoms with E-state index in [0.717, 1.165) is 18.7 Å². The van der Waals surface area contributed by atoms with Gasteiger partial charge in [0, 0.05) is 30.9 Å². The van der Waals surface area contributed by atoms with Crippen LogP contribution in [0, 0.1) is 0 Å². The van der Waals surface area contributed by atoms with E-state index in [9.17, 15) is 4.79 Å². The van der Waals surface area contributed by atoms with Gasteiger partial charge in [0.25, 0.3) is 0 Å². The number of likely N-dealkylation sites (tertiary alicyclic amines) is 1. The first-order valence-corrected chi connectivity index (χ1v) is 7.98. The smallest absolute Gasteiger partial charge is 0.410 e. The molecule has 2 heterocycles. The van der Waals surface area contributed by atoms with Gasteiger partial charge in [-0.3, -0.25) is 0 Å². The van der Waals surface area contributed by atoms with E-state index in [0.29, 0.717) is 24.0 Å². The van der Waals surface area contributed by atoms with Gasteiger partial charge in [-0.2, -0.15) is 0 Å². The number of piperazine rings is 1. The molecule has 2 atom stereocenters. The molecule has 1 amide bonds. The lowest BCUT2D eigenvalue weighted by molar-refractivity contribution is 0.0215. The Bertz CT molecular complexity index is 612. The number of amides is 1. The number of hydrogen-bond donors (Lipinski definition) is 1. The first-order valence-electron chi connectivity index (χ1n) is 7.98. The van der Waals surface area contributed by atoms with E-state index >= 15 is 0 Å². The first kappa shape index (κ1) is 15.8. The number of anilines is 2. The Morgan fingerprint density at radius 3 is 2.57 bits per heavy atom. The lowest BCUT2D eigenvalue weighted by Gasteiger charge is -2.36. The Morgan fingerprint density at radius 2 is 2.00 bits per heavy atom. The molecule has 1 aromatic carbocycles. The van der Waals surface area contributed by atoms with E-state index in [1.807, 2.05) is 43.9 Å². The van der Waals surface area contributed by atoms with Gasteiger partial charge < -0.3 is 25.0 Å². The van der Waals surface area contributed by atoms with Gasteiger partial charge >= 0.3 is 6.09 Å². The van der Waals surface area contributed by atoms with E-state index in [2.05, 4.69) is 4.90 Å². The van der Waals surface area contributed by atoms with Gasteiger partial charge in [0.15, 0.2) is 0 Å². The number of carbonyl (C=O) groups excluding carboxylic acids is 1. The highest BCUT2D eigenvalue weighted by Crippen LogP contribution is 2.37. The molecule has 2 fully saturated rings. The summed E-state index contributed by atoms with van der Waals surface area (Å²) in [5, 5.41) is 0. The van der Waals surface area contributed by atoms with Crippen molar-refractivity contribution in [3.05, 3.63) is 18.2 Å². The molecule has 2 bridgehead atoms. The summed E-state index contributed by atoms with van der Waals surface area (Å²) in [4.78, 5) is 16.5. The number of ether oxygens (including phenoxy) is 2. The summed E-state index contributed by atoms with van der Waals surface area (Å²) in [7, 11) is 1.62. The minimum Gasteiger partial charge on any atom is -0.495 e. The Hall–Kier alpha value is -2.11. The van der Waals surface area contributed by atoms with Crippen LogP contribution >= 0.6 is 0 Å². The maximum Gasteiger partial charge on any atom is 0.410 e. The molecule has 23 heavy (non-hydrogen) atoms. The quantitative estimate of drug-likeness (QED) is 0.848. The molecule has 6 heteroatoms. The predicted octanol–water partition coefficient (Wildman–Crippen LogP) is 2.48. The molecule has 126 valence electrons. The molecule has 0 radical (unpaired) electrons. The van der Waals surface area contributed by atoms with E-state index < -0.39 is 5.60 Å². The van der Waals surface area contributed by atoms with Crippen LogP contribution in [-0.4, -0.2) is 48.9 Å². The summed E-state index contributed by atoms with van der Waals surface area (Å²) in [6.45, 7) is 7.20. The second kappa shape index (κ2) is 5.51. The van der Waals surface area contributed by atoms with Crippen LogP contribution in [-0.2, 0) is 4.74 Å². The highest BCUT2D eigenvalue weighted by molar-refractivity contribution is 5.71. The summed E-state index contributed by atoms with van der Waals surface area (Å²) in [6.07, 6.45) is 0.769. The van der Waals surface area contributed by atoms with Crippen molar-refractivity contribution < 1.29 is 14.3 Å². The number of rotatable bonds is 2. The lowest BCUT2D eigenvalue weighted by Crippen LogP contribution is -2.50. The van der Waals surface area contributed by atoms with Crippen LogP contribution in [0.4, 0.5) is 16.2 Å². The van der Waals surface area contributed by atoms with Gasteiger partial charge in [-0.05, 0) is 39.3 Å². The molecule has 2 saturated heterocycles. The van der Waals surface area contributed by atoms with Gasteiger partial charge in [0.05, 0.1) is 18.8 Å². The molecule has 3 rings (SSSR count). The second-order valence-corrected chi connectivity index (χ2v) is 7.25. The van der Waals surface area contributed by atoms with Gasteiger partial charge in [0.2, 0.25) is 0 Å². The number of methoxy groups -OCH3 is 1. The van der Waals surface area contributed by atoms with Crippen LogP contribution in [0.15, 0.2) is 18.2 Å². The normalized spacial score (nSPS) is 23.3.